The van der Waals surface area contributed by atoms with Gasteiger partial charge in [0.25, 0.3) is 0 Å². The fraction of sp³-hybridized carbons (Fsp3) is 0.381. The van der Waals surface area contributed by atoms with Gasteiger partial charge in [0.1, 0.15) is 23.2 Å². The number of rotatable bonds is 5. The van der Waals surface area contributed by atoms with E-state index < -0.39 is 5.92 Å². The van der Waals surface area contributed by atoms with Crippen LogP contribution in [0.2, 0.25) is 0 Å². The summed E-state index contributed by atoms with van der Waals surface area (Å²) in [6.45, 7) is 3.33. The number of ketones is 1. The largest absolute Gasteiger partial charge is 0.497 e. The average Bonchev–Trinajstić information content (AvgIpc) is 2.78. The minimum Gasteiger partial charge on any atom is -0.497 e. The monoisotopic (exact) mass is 396 g/mol. The van der Waals surface area contributed by atoms with Crippen LogP contribution in [-0.2, 0) is 16.1 Å². The molecule has 1 unspecified atom stereocenters. The van der Waals surface area contributed by atoms with Crippen molar-refractivity contribution in [3.05, 3.63) is 47.7 Å². The number of Topliss-reactive ketones (excluding diaryl/α,β-unsaturated/α-hetero) is 1. The number of nitrogens with one attached hydrogen (secondary N) is 2. The molecule has 3 heterocycles. The van der Waals surface area contributed by atoms with Gasteiger partial charge in [0, 0.05) is 26.2 Å². The van der Waals surface area contributed by atoms with Crippen LogP contribution < -0.4 is 20.3 Å². The maximum Gasteiger partial charge on any atom is 0.233 e. The Morgan fingerprint density at radius 2 is 2.14 bits per heavy atom. The number of amides is 1. The summed E-state index contributed by atoms with van der Waals surface area (Å²) in [6, 6.07) is 11.2. The van der Waals surface area contributed by atoms with Crippen LogP contribution in [0, 0.1) is 5.92 Å². The molecule has 1 saturated heterocycles. The van der Waals surface area contributed by atoms with E-state index in [0.29, 0.717) is 31.1 Å². The first-order valence-electron chi connectivity index (χ1n) is 9.68. The van der Waals surface area contributed by atoms with Crippen LogP contribution >= 0.6 is 0 Å². The maximum absolute atomic E-state index is 13.0. The van der Waals surface area contributed by atoms with E-state index in [9.17, 15) is 9.59 Å². The molecule has 0 spiro atoms. The van der Waals surface area contributed by atoms with Crippen molar-refractivity contribution in [2.24, 2.45) is 5.92 Å². The standard InChI is InChI=1S/C21H24N4O4/c1-28-15-4-2-3-14(11-15)12-23-21(27)16-13-22-17-5-6-18(24-19(17)20(16)26)25-7-9-29-10-8-25/h2-6,11,16,22H,7-10,12-13H2,1H3,(H,23,27). The van der Waals surface area contributed by atoms with Crippen LogP contribution in [0.5, 0.6) is 5.75 Å². The van der Waals surface area contributed by atoms with Crippen molar-refractivity contribution in [3.63, 3.8) is 0 Å². The molecule has 0 bridgehead atoms. The first-order valence-corrected chi connectivity index (χ1v) is 9.68. The van der Waals surface area contributed by atoms with Crippen molar-refractivity contribution in [2.45, 2.75) is 6.54 Å². The smallest absolute Gasteiger partial charge is 0.233 e. The fourth-order valence-electron chi connectivity index (χ4n) is 3.52. The fourth-order valence-corrected chi connectivity index (χ4v) is 3.52. The number of hydrogen-bond acceptors (Lipinski definition) is 7. The molecule has 1 aromatic carbocycles. The lowest BCUT2D eigenvalue weighted by Gasteiger charge is -2.29. The van der Waals surface area contributed by atoms with E-state index in [-0.39, 0.29) is 18.2 Å². The molecule has 2 N–H and O–H groups in total. The number of pyridine rings is 1. The highest BCUT2D eigenvalue weighted by Crippen LogP contribution is 2.26. The summed E-state index contributed by atoms with van der Waals surface area (Å²) in [7, 11) is 1.60. The molecule has 1 aromatic heterocycles. The summed E-state index contributed by atoms with van der Waals surface area (Å²) in [5.41, 5.74) is 1.90. The Kier molecular flexibility index (Phi) is 5.62. The molecule has 29 heavy (non-hydrogen) atoms. The summed E-state index contributed by atoms with van der Waals surface area (Å²) in [5, 5.41) is 6.01. The molecule has 152 valence electrons. The number of fused-ring (bicyclic) bond motifs is 1. The summed E-state index contributed by atoms with van der Waals surface area (Å²) < 4.78 is 10.6. The summed E-state index contributed by atoms with van der Waals surface area (Å²) in [5.74, 6) is 0.0904. The van der Waals surface area contributed by atoms with Gasteiger partial charge in [-0.1, -0.05) is 12.1 Å². The molecular formula is C21H24N4O4. The zero-order chi connectivity index (χ0) is 20.2. The van der Waals surface area contributed by atoms with E-state index in [1.807, 2.05) is 36.4 Å². The quantitative estimate of drug-likeness (QED) is 0.740. The Morgan fingerprint density at radius 1 is 1.31 bits per heavy atom. The number of hydrogen-bond donors (Lipinski definition) is 2. The maximum atomic E-state index is 13.0. The van der Waals surface area contributed by atoms with Gasteiger partial charge in [-0.2, -0.15) is 0 Å². The Bertz CT molecular complexity index is 911. The molecule has 8 heteroatoms. The lowest BCUT2D eigenvalue weighted by molar-refractivity contribution is -0.123. The number of morpholine rings is 1. The first kappa shape index (κ1) is 19.2. The summed E-state index contributed by atoms with van der Waals surface area (Å²) in [4.78, 5) is 32.3. The molecule has 2 aliphatic rings. The highest BCUT2D eigenvalue weighted by Gasteiger charge is 2.34. The number of carbonyl (C=O) groups is 2. The van der Waals surface area contributed by atoms with Crippen molar-refractivity contribution in [2.75, 3.05) is 50.2 Å². The third kappa shape index (κ3) is 4.17. The second-order valence-corrected chi connectivity index (χ2v) is 7.03. The zero-order valence-electron chi connectivity index (χ0n) is 16.3. The van der Waals surface area contributed by atoms with E-state index in [4.69, 9.17) is 9.47 Å². The van der Waals surface area contributed by atoms with Crippen molar-refractivity contribution >= 4 is 23.2 Å². The van der Waals surface area contributed by atoms with Crippen LogP contribution in [0.3, 0.4) is 0 Å². The van der Waals surface area contributed by atoms with E-state index in [0.717, 1.165) is 30.2 Å². The molecular weight excluding hydrogens is 372 g/mol. The molecule has 4 rings (SSSR count). The van der Waals surface area contributed by atoms with Gasteiger partial charge in [-0.25, -0.2) is 4.98 Å². The Morgan fingerprint density at radius 3 is 2.93 bits per heavy atom. The van der Waals surface area contributed by atoms with E-state index in [1.54, 1.807) is 7.11 Å². The summed E-state index contributed by atoms with van der Waals surface area (Å²) >= 11 is 0. The predicted molar refractivity (Wildman–Crippen MR) is 108 cm³/mol. The van der Waals surface area contributed by atoms with Gasteiger partial charge in [-0.3, -0.25) is 9.59 Å². The molecule has 0 saturated carbocycles. The van der Waals surface area contributed by atoms with Gasteiger partial charge in [0.05, 0.1) is 26.0 Å². The van der Waals surface area contributed by atoms with Gasteiger partial charge >= 0.3 is 0 Å². The van der Waals surface area contributed by atoms with E-state index in [2.05, 4.69) is 20.5 Å². The number of benzene rings is 1. The van der Waals surface area contributed by atoms with Crippen molar-refractivity contribution in [1.29, 1.82) is 0 Å². The van der Waals surface area contributed by atoms with Crippen LogP contribution in [-0.4, -0.2) is 56.6 Å². The second-order valence-electron chi connectivity index (χ2n) is 7.03. The predicted octanol–water partition coefficient (Wildman–Crippen LogP) is 1.47. The van der Waals surface area contributed by atoms with Gasteiger partial charge in [-0.15, -0.1) is 0 Å². The minimum atomic E-state index is -0.805. The highest BCUT2D eigenvalue weighted by molar-refractivity contribution is 6.13. The topological polar surface area (TPSA) is 92.8 Å². The number of aromatic nitrogens is 1. The highest BCUT2D eigenvalue weighted by atomic mass is 16.5. The average molecular weight is 396 g/mol. The zero-order valence-corrected chi connectivity index (χ0v) is 16.3. The molecule has 0 aliphatic carbocycles. The lowest BCUT2D eigenvalue weighted by atomic mass is 9.95. The molecule has 2 aliphatic heterocycles. The lowest BCUT2D eigenvalue weighted by Crippen LogP contribution is -2.43. The molecule has 2 aromatic rings. The van der Waals surface area contributed by atoms with Crippen LogP contribution in [0.1, 0.15) is 16.1 Å². The summed E-state index contributed by atoms with van der Waals surface area (Å²) in [6.07, 6.45) is 0. The number of methoxy groups -OCH3 is 1. The SMILES string of the molecule is COc1cccc(CNC(=O)C2CNc3ccc(N4CCOCC4)nc3C2=O)c1. The molecule has 0 radical (unpaired) electrons. The number of nitrogens with zero attached hydrogens (tertiary/aromatic N) is 2. The van der Waals surface area contributed by atoms with Gasteiger partial charge in [0.15, 0.2) is 5.78 Å². The van der Waals surface area contributed by atoms with Crippen LogP contribution in [0.15, 0.2) is 36.4 Å². The number of ether oxygens (including phenoxy) is 2. The second kappa shape index (κ2) is 8.48. The van der Waals surface area contributed by atoms with Crippen molar-refractivity contribution < 1.29 is 19.1 Å². The number of carbonyl (C=O) groups excluding carboxylic acids is 2. The Labute approximate surface area is 169 Å². The minimum absolute atomic E-state index is 0.253. The first-order chi connectivity index (χ1) is 14.2. The normalized spacial score (nSPS) is 18.6. The molecule has 1 amide bonds. The third-order valence-corrected chi connectivity index (χ3v) is 5.18. The number of anilines is 2. The Balaban J connectivity index is 1.45. The van der Waals surface area contributed by atoms with Gasteiger partial charge in [-0.05, 0) is 29.8 Å². The van der Waals surface area contributed by atoms with E-state index in [1.165, 1.54) is 0 Å². The van der Waals surface area contributed by atoms with Crippen molar-refractivity contribution in [3.8, 4) is 5.75 Å². The van der Waals surface area contributed by atoms with Gasteiger partial charge < -0.3 is 25.0 Å². The molecule has 1 fully saturated rings. The van der Waals surface area contributed by atoms with Crippen LogP contribution in [0.4, 0.5) is 11.5 Å². The van der Waals surface area contributed by atoms with Gasteiger partial charge in [0.2, 0.25) is 5.91 Å². The van der Waals surface area contributed by atoms with Crippen molar-refractivity contribution in [1.82, 2.24) is 10.3 Å². The molecule has 1 atom stereocenters. The molecule has 8 nitrogen and oxygen atoms in total. The van der Waals surface area contributed by atoms with Crippen LogP contribution in [0.25, 0.3) is 0 Å². The Hall–Kier alpha value is -3.13. The third-order valence-electron chi connectivity index (χ3n) is 5.18. The van der Waals surface area contributed by atoms with E-state index >= 15 is 0 Å².